The molecule has 0 bridgehead atoms. The summed E-state index contributed by atoms with van der Waals surface area (Å²) in [6, 6.07) is 5.99. The largest absolute Gasteiger partial charge is 0.483 e. The average molecular weight is 242 g/mol. The smallest absolute Gasteiger partial charge is 0.175 e. The van der Waals surface area contributed by atoms with Crippen LogP contribution in [0.1, 0.15) is 13.8 Å². The molecule has 16 heavy (non-hydrogen) atoms. The van der Waals surface area contributed by atoms with Crippen molar-refractivity contribution < 1.29 is 17.9 Å². The number of Topliss-reactive ketones (excluding diaryl/α,β-unsaturated/α-hetero) is 1. The standard InChI is InChI=1S/C11H14O4S/c1-8(12)9(2)15-10-4-6-11(7-5-10)16(3,13)14/h4-7,9H,1-3H3. The van der Waals surface area contributed by atoms with Crippen molar-refractivity contribution in [3.63, 3.8) is 0 Å². The zero-order valence-corrected chi connectivity index (χ0v) is 10.2. The van der Waals surface area contributed by atoms with Crippen molar-refractivity contribution in [2.75, 3.05) is 6.26 Å². The SMILES string of the molecule is CC(=O)C(C)Oc1ccc(S(C)(=O)=O)cc1. The minimum absolute atomic E-state index is 0.0767. The predicted octanol–water partition coefficient (Wildman–Crippen LogP) is 1.45. The van der Waals surface area contributed by atoms with Gasteiger partial charge in [0.25, 0.3) is 0 Å². The molecular weight excluding hydrogens is 228 g/mol. The molecule has 0 spiro atoms. The normalized spacial score (nSPS) is 13.2. The minimum Gasteiger partial charge on any atom is -0.483 e. The van der Waals surface area contributed by atoms with E-state index in [4.69, 9.17) is 4.74 Å². The molecule has 0 amide bonds. The molecule has 1 atom stereocenters. The molecule has 1 unspecified atom stereocenters. The van der Waals surface area contributed by atoms with Crippen molar-refractivity contribution in [2.45, 2.75) is 24.8 Å². The van der Waals surface area contributed by atoms with Crippen molar-refractivity contribution in [3.05, 3.63) is 24.3 Å². The monoisotopic (exact) mass is 242 g/mol. The van der Waals surface area contributed by atoms with Gasteiger partial charge in [0, 0.05) is 6.26 Å². The quantitative estimate of drug-likeness (QED) is 0.801. The van der Waals surface area contributed by atoms with Crippen LogP contribution >= 0.6 is 0 Å². The molecule has 0 saturated carbocycles. The molecule has 1 rings (SSSR count). The molecule has 0 aliphatic carbocycles. The summed E-state index contributed by atoms with van der Waals surface area (Å²) in [5, 5.41) is 0. The molecule has 0 aromatic heterocycles. The van der Waals surface area contributed by atoms with Crippen LogP contribution in [0, 0.1) is 0 Å². The molecule has 4 nitrogen and oxygen atoms in total. The lowest BCUT2D eigenvalue weighted by atomic mass is 10.3. The van der Waals surface area contributed by atoms with Crippen molar-refractivity contribution >= 4 is 15.6 Å². The number of ether oxygens (including phenoxy) is 1. The lowest BCUT2D eigenvalue weighted by molar-refractivity contribution is -0.122. The first-order chi connectivity index (χ1) is 7.30. The molecule has 1 aromatic carbocycles. The molecule has 0 aliphatic heterocycles. The third-order valence-corrected chi connectivity index (χ3v) is 3.27. The number of carbonyl (C=O) groups excluding carboxylic acids is 1. The summed E-state index contributed by atoms with van der Waals surface area (Å²) >= 11 is 0. The van der Waals surface area contributed by atoms with Gasteiger partial charge in [0.15, 0.2) is 21.7 Å². The molecule has 0 aliphatic rings. The predicted molar refractivity (Wildman–Crippen MR) is 60.3 cm³/mol. The van der Waals surface area contributed by atoms with Crippen LogP contribution in [0.15, 0.2) is 29.2 Å². The van der Waals surface area contributed by atoms with Gasteiger partial charge in [-0.15, -0.1) is 0 Å². The summed E-state index contributed by atoms with van der Waals surface area (Å²) < 4.78 is 27.7. The lowest BCUT2D eigenvalue weighted by Crippen LogP contribution is -2.20. The number of hydrogen-bond acceptors (Lipinski definition) is 4. The number of benzene rings is 1. The fourth-order valence-electron chi connectivity index (χ4n) is 1.05. The van der Waals surface area contributed by atoms with Gasteiger partial charge in [-0.3, -0.25) is 4.79 Å². The van der Waals surface area contributed by atoms with Crippen LogP contribution in [-0.2, 0) is 14.6 Å². The number of rotatable bonds is 4. The molecule has 0 heterocycles. The van der Waals surface area contributed by atoms with Gasteiger partial charge >= 0.3 is 0 Å². The number of carbonyl (C=O) groups is 1. The highest BCUT2D eigenvalue weighted by atomic mass is 32.2. The van der Waals surface area contributed by atoms with Crippen LogP contribution in [0.25, 0.3) is 0 Å². The molecule has 0 saturated heterocycles. The Kier molecular flexibility index (Phi) is 3.70. The maximum atomic E-state index is 11.2. The summed E-state index contributed by atoms with van der Waals surface area (Å²) in [4.78, 5) is 11.2. The highest BCUT2D eigenvalue weighted by Gasteiger charge is 2.10. The van der Waals surface area contributed by atoms with Gasteiger partial charge in [0.1, 0.15) is 5.75 Å². The Balaban J connectivity index is 2.84. The van der Waals surface area contributed by atoms with Crippen LogP contribution in [0.3, 0.4) is 0 Å². The second kappa shape index (κ2) is 4.65. The molecular formula is C11H14O4S. The van der Waals surface area contributed by atoms with Crippen LogP contribution in [0.4, 0.5) is 0 Å². The second-order valence-corrected chi connectivity index (χ2v) is 5.63. The molecule has 88 valence electrons. The Hall–Kier alpha value is -1.36. The molecule has 1 aromatic rings. The fourth-order valence-corrected chi connectivity index (χ4v) is 1.68. The van der Waals surface area contributed by atoms with E-state index in [1.807, 2.05) is 0 Å². The summed E-state index contributed by atoms with van der Waals surface area (Å²) in [6.45, 7) is 3.09. The number of sulfone groups is 1. The molecule has 0 fully saturated rings. The van der Waals surface area contributed by atoms with Gasteiger partial charge in [-0.25, -0.2) is 8.42 Å². The Morgan fingerprint density at radius 1 is 1.25 bits per heavy atom. The highest BCUT2D eigenvalue weighted by molar-refractivity contribution is 7.90. The van der Waals surface area contributed by atoms with E-state index >= 15 is 0 Å². The Bertz CT molecular complexity index is 473. The summed E-state index contributed by atoms with van der Waals surface area (Å²) in [7, 11) is -3.19. The maximum absolute atomic E-state index is 11.2. The molecule has 0 radical (unpaired) electrons. The van der Waals surface area contributed by atoms with Crippen LogP contribution < -0.4 is 4.74 Å². The second-order valence-electron chi connectivity index (χ2n) is 3.61. The lowest BCUT2D eigenvalue weighted by Gasteiger charge is -2.11. The van der Waals surface area contributed by atoms with Crippen molar-refractivity contribution in [1.82, 2.24) is 0 Å². The van der Waals surface area contributed by atoms with Gasteiger partial charge in [-0.2, -0.15) is 0 Å². The summed E-state index contributed by atoms with van der Waals surface area (Å²) in [5.74, 6) is 0.405. The Morgan fingerprint density at radius 2 is 1.75 bits per heavy atom. The first-order valence-electron chi connectivity index (χ1n) is 4.78. The van der Waals surface area contributed by atoms with Crippen molar-refractivity contribution in [3.8, 4) is 5.75 Å². The summed E-state index contributed by atoms with van der Waals surface area (Å²) in [6.07, 6.45) is 0.616. The van der Waals surface area contributed by atoms with Crippen LogP contribution in [0.5, 0.6) is 5.75 Å². The van der Waals surface area contributed by atoms with Gasteiger partial charge < -0.3 is 4.74 Å². The number of hydrogen-bond donors (Lipinski definition) is 0. The Morgan fingerprint density at radius 3 is 2.12 bits per heavy atom. The zero-order valence-electron chi connectivity index (χ0n) is 9.43. The van der Waals surface area contributed by atoms with Gasteiger partial charge in [0.05, 0.1) is 4.90 Å². The van der Waals surface area contributed by atoms with E-state index in [-0.39, 0.29) is 10.7 Å². The van der Waals surface area contributed by atoms with Crippen LogP contribution in [0.2, 0.25) is 0 Å². The van der Waals surface area contributed by atoms with Crippen molar-refractivity contribution in [1.29, 1.82) is 0 Å². The van der Waals surface area contributed by atoms with Gasteiger partial charge in [-0.1, -0.05) is 0 Å². The van der Waals surface area contributed by atoms with E-state index in [9.17, 15) is 13.2 Å². The van der Waals surface area contributed by atoms with E-state index in [0.29, 0.717) is 5.75 Å². The first-order valence-corrected chi connectivity index (χ1v) is 6.67. The van der Waals surface area contributed by atoms with E-state index in [0.717, 1.165) is 6.26 Å². The summed E-state index contributed by atoms with van der Waals surface area (Å²) in [5.41, 5.74) is 0. The minimum atomic E-state index is -3.19. The van der Waals surface area contributed by atoms with E-state index in [1.54, 1.807) is 6.92 Å². The maximum Gasteiger partial charge on any atom is 0.175 e. The van der Waals surface area contributed by atoms with E-state index < -0.39 is 15.9 Å². The first kappa shape index (κ1) is 12.7. The molecule has 5 heteroatoms. The highest BCUT2D eigenvalue weighted by Crippen LogP contribution is 2.17. The van der Waals surface area contributed by atoms with Gasteiger partial charge in [0.2, 0.25) is 0 Å². The zero-order chi connectivity index (χ0) is 12.3. The van der Waals surface area contributed by atoms with Gasteiger partial charge in [-0.05, 0) is 38.1 Å². The van der Waals surface area contributed by atoms with E-state index in [2.05, 4.69) is 0 Å². The fraction of sp³-hybridized carbons (Fsp3) is 0.364. The third-order valence-electron chi connectivity index (χ3n) is 2.14. The molecule has 0 N–H and O–H groups in total. The van der Waals surface area contributed by atoms with Crippen LogP contribution in [-0.4, -0.2) is 26.6 Å². The average Bonchev–Trinajstić information content (AvgIpc) is 2.17. The van der Waals surface area contributed by atoms with Crippen molar-refractivity contribution in [2.24, 2.45) is 0 Å². The number of ketones is 1. The topological polar surface area (TPSA) is 60.4 Å². The third kappa shape index (κ3) is 3.34. The Labute approximate surface area is 95.2 Å². The van der Waals surface area contributed by atoms with E-state index in [1.165, 1.54) is 31.2 Å².